The highest BCUT2D eigenvalue weighted by atomic mass is 16.6. The molecule has 0 spiro atoms. The molecule has 18 nitrogen and oxygen atoms in total. The zero-order valence-electron chi connectivity index (χ0n) is 50.7. The standard InChI is InChI=1S/C64H86N2O16/c1-65(28-24-45-39-53(73-7)61(77-11)63(79-13)57(45)47(65)33-43-35-49(69-3)59(75-9)50(36-43)70-4)26-16-30-81-55(67)22-20-41-18-15-19-42(32-41)21-23-56(68)82-31-17-27-66(2)29-25-46-40-54(74-8)62(78-12)64(80-14)58(46)48(66)34-44-37-51(71-5)60(76-10)52(38-44)72-6/h15,18-19,32,35-40,47-48H,16-17,20-31,33-34H2,1-14H3/q+2/t47-,48-,65+,66+/m1/s1. The third kappa shape index (κ3) is 13.7. The van der Waals surface area contributed by atoms with Crippen molar-refractivity contribution in [1.29, 1.82) is 0 Å². The Labute approximate surface area is 484 Å². The largest absolute Gasteiger partial charge is 0.493 e. The second-order valence-electron chi connectivity index (χ2n) is 21.3. The highest BCUT2D eigenvalue weighted by molar-refractivity contribution is 5.70. The van der Waals surface area contributed by atoms with Gasteiger partial charge in [-0.1, -0.05) is 24.3 Å². The van der Waals surface area contributed by atoms with E-state index < -0.39 is 0 Å². The normalized spacial score (nSPS) is 18.0. The Morgan fingerprint density at radius 3 is 1.06 bits per heavy atom. The molecule has 0 bridgehead atoms. The number of ether oxygens (including phenoxy) is 14. The van der Waals surface area contributed by atoms with Gasteiger partial charge in [-0.05, 0) is 82.6 Å². The molecule has 0 amide bonds. The molecule has 7 rings (SSSR count). The first-order chi connectivity index (χ1) is 39.6. The number of rotatable bonds is 30. The number of aryl methyl sites for hydroxylation is 2. The van der Waals surface area contributed by atoms with Crippen molar-refractivity contribution < 1.29 is 84.9 Å². The minimum absolute atomic E-state index is 0.0795. The first-order valence-electron chi connectivity index (χ1n) is 27.9. The van der Waals surface area contributed by atoms with Crippen LogP contribution in [0.3, 0.4) is 0 Å². The molecule has 0 unspecified atom stereocenters. The van der Waals surface area contributed by atoms with Crippen molar-refractivity contribution in [3.05, 3.63) is 105 Å². The van der Waals surface area contributed by atoms with Crippen LogP contribution in [-0.4, -0.2) is 160 Å². The number of hydrogen-bond acceptors (Lipinski definition) is 16. The van der Waals surface area contributed by atoms with Gasteiger partial charge in [0, 0.05) is 51.4 Å². The van der Waals surface area contributed by atoms with Gasteiger partial charge in [0.25, 0.3) is 0 Å². The summed E-state index contributed by atoms with van der Waals surface area (Å²) < 4.78 is 82.8. The van der Waals surface area contributed by atoms with Gasteiger partial charge in [0.1, 0.15) is 12.1 Å². The summed E-state index contributed by atoms with van der Waals surface area (Å²) in [5.74, 6) is 6.44. The predicted molar refractivity (Wildman–Crippen MR) is 311 cm³/mol. The van der Waals surface area contributed by atoms with Gasteiger partial charge in [-0.15, -0.1) is 0 Å². The van der Waals surface area contributed by atoms with Crippen LogP contribution in [0, 0.1) is 0 Å². The fourth-order valence-corrected chi connectivity index (χ4v) is 12.2. The van der Waals surface area contributed by atoms with Crippen molar-refractivity contribution in [2.75, 3.05) is 139 Å². The fraction of sp³-hybridized carbons (Fsp3) is 0.500. The summed E-state index contributed by atoms with van der Waals surface area (Å²) in [7, 11) is 24.0. The second-order valence-corrected chi connectivity index (χ2v) is 21.3. The van der Waals surface area contributed by atoms with Crippen molar-refractivity contribution >= 4 is 11.9 Å². The molecule has 2 heterocycles. The van der Waals surface area contributed by atoms with Crippen molar-refractivity contribution in [2.45, 2.75) is 76.3 Å². The third-order valence-electron chi connectivity index (χ3n) is 16.6. The van der Waals surface area contributed by atoms with E-state index >= 15 is 0 Å². The summed E-state index contributed by atoms with van der Waals surface area (Å²) in [6.45, 7) is 3.70. The first-order valence-corrected chi connectivity index (χ1v) is 27.9. The molecule has 0 radical (unpaired) electrons. The number of nitrogens with zero attached hydrogens (tertiary/aromatic N) is 2. The summed E-state index contributed by atoms with van der Waals surface area (Å²) in [4.78, 5) is 26.5. The lowest BCUT2D eigenvalue weighted by molar-refractivity contribution is -0.941. The molecular formula is C64H86N2O16+2. The summed E-state index contributed by atoms with van der Waals surface area (Å²) >= 11 is 0. The SMILES string of the molecule is COc1cc(C[C@@H]2c3c(cc(OC)c(OC)c3OC)CC[N@+]2(C)CCCOC(=O)CCc2cccc(CCC(=O)OCCC[N@@+]3(C)CCc4cc(OC)c(OC)c(OC)c4[C@H]3Cc3cc(OC)c(OC)c(OC)c3)c2)cc(OC)c1OC. The quantitative estimate of drug-likeness (QED) is 0.0242. The zero-order valence-corrected chi connectivity index (χ0v) is 50.7. The summed E-state index contributed by atoms with van der Waals surface area (Å²) in [5, 5.41) is 0. The van der Waals surface area contributed by atoms with Crippen LogP contribution < -0.4 is 56.8 Å². The fourth-order valence-electron chi connectivity index (χ4n) is 12.2. The van der Waals surface area contributed by atoms with E-state index in [0.717, 1.165) is 83.5 Å². The minimum Gasteiger partial charge on any atom is -0.493 e. The van der Waals surface area contributed by atoms with Crippen LogP contribution >= 0.6 is 0 Å². The molecular weight excluding hydrogens is 1050 g/mol. The zero-order chi connectivity index (χ0) is 59.1. The Kier molecular flexibility index (Phi) is 21.6. The van der Waals surface area contributed by atoms with E-state index in [1.165, 1.54) is 0 Å². The minimum atomic E-state index is -0.260. The number of carbonyl (C=O) groups is 2. The molecule has 0 aliphatic carbocycles. The number of fused-ring (bicyclic) bond motifs is 2. The highest BCUT2D eigenvalue weighted by Gasteiger charge is 2.45. The second kappa shape index (κ2) is 28.5. The van der Waals surface area contributed by atoms with Gasteiger partial charge in [-0.2, -0.15) is 0 Å². The average molecular weight is 1140 g/mol. The lowest BCUT2D eigenvalue weighted by Crippen LogP contribution is -2.53. The van der Waals surface area contributed by atoms with Crippen molar-refractivity contribution in [1.82, 2.24) is 0 Å². The maximum Gasteiger partial charge on any atom is 0.306 e. The Morgan fingerprint density at radius 2 is 0.744 bits per heavy atom. The number of methoxy groups -OCH3 is 12. The van der Waals surface area contributed by atoms with Crippen LogP contribution in [0.2, 0.25) is 0 Å². The van der Waals surface area contributed by atoms with Crippen LogP contribution in [0.4, 0.5) is 0 Å². The van der Waals surface area contributed by atoms with Gasteiger partial charge in [0.15, 0.2) is 46.0 Å². The molecule has 5 aromatic carbocycles. The maximum absolute atomic E-state index is 13.3. The topological polar surface area (TPSA) is 163 Å². The molecule has 5 aromatic rings. The number of benzene rings is 5. The molecule has 0 fully saturated rings. The number of hydrogen-bond donors (Lipinski definition) is 0. The smallest absolute Gasteiger partial charge is 0.306 e. The number of quaternary nitrogens is 2. The molecule has 0 saturated heterocycles. The van der Waals surface area contributed by atoms with Gasteiger partial charge < -0.3 is 75.3 Å². The summed E-state index contributed by atoms with van der Waals surface area (Å²) in [6, 6.07) is 19.9. The van der Waals surface area contributed by atoms with E-state index in [1.54, 1.807) is 85.3 Å². The Hall–Kier alpha value is -7.44. The van der Waals surface area contributed by atoms with Gasteiger partial charge in [0.2, 0.25) is 23.0 Å². The molecule has 2 aliphatic heterocycles. The van der Waals surface area contributed by atoms with Crippen molar-refractivity contribution in [3.8, 4) is 69.0 Å². The lowest BCUT2D eigenvalue weighted by atomic mass is 9.85. The molecule has 82 heavy (non-hydrogen) atoms. The average Bonchev–Trinajstić information content (AvgIpc) is 3.45. The molecule has 2 aliphatic rings. The first kappa shape index (κ1) is 62.2. The Balaban J connectivity index is 0.930. The lowest BCUT2D eigenvalue weighted by Gasteiger charge is -2.46. The highest BCUT2D eigenvalue weighted by Crippen LogP contribution is 2.53. The molecule has 0 aromatic heterocycles. The van der Waals surface area contributed by atoms with E-state index in [-0.39, 0.29) is 50.1 Å². The van der Waals surface area contributed by atoms with Crippen molar-refractivity contribution in [3.63, 3.8) is 0 Å². The van der Waals surface area contributed by atoms with Gasteiger partial charge in [0.05, 0.1) is 150 Å². The van der Waals surface area contributed by atoms with Crippen LogP contribution in [0.1, 0.15) is 82.3 Å². The molecule has 0 saturated carbocycles. The molecule has 4 atom stereocenters. The van der Waals surface area contributed by atoms with Crippen LogP contribution in [0.5, 0.6) is 69.0 Å². The number of likely N-dealkylation sites (N-methyl/N-ethyl adjacent to an activating group) is 2. The van der Waals surface area contributed by atoms with Crippen LogP contribution in [0.15, 0.2) is 60.7 Å². The monoisotopic (exact) mass is 1140 g/mol. The van der Waals surface area contributed by atoms with E-state index in [1.807, 2.05) is 42.5 Å². The van der Waals surface area contributed by atoms with Crippen LogP contribution in [-0.2, 0) is 57.6 Å². The molecule has 0 N–H and O–H groups in total. The van der Waals surface area contributed by atoms with Crippen molar-refractivity contribution in [2.24, 2.45) is 0 Å². The molecule has 18 heteroatoms. The third-order valence-corrected chi connectivity index (χ3v) is 16.6. The maximum atomic E-state index is 13.3. The predicted octanol–water partition coefficient (Wildman–Crippen LogP) is 9.50. The Morgan fingerprint density at radius 1 is 0.415 bits per heavy atom. The number of carbonyl (C=O) groups excluding carboxylic acids is 2. The number of esters is 2. The summed E-state index contributed by atoms with van der Waals surface area (Å²) in [5.41, 5.74) is 8.36. The van der Waals surface area contributed by atoms with E-state index in [2.05, 4.69) is 32.3 Å². The van der Waals surface area contributed by atoms with Crippen LogP contribution in [0.25, 0.3) is 0 Å². The van der Waals surface area contributed by atoms with Gasteiger partial charge in [-0.3, -0.25) is 9.59 Å². The van der Waals surface area contributed by atoms with E-state index in [9.17, 15) is 9.59 Å². The van der Waals surface area contributed by atoms with Gasteiger partial charge in [-0.25, -0.2) is 0 Å². The van der Waals surface area contributed by atoms with Gasteiger partial charge >= 0.3 is 11.9 Å². The van der Waals surface area contributed by atoms with E-state index in [4.69, 9.17) is 66.3 Å². The Bertz CT molecular complexity index is 2760. The molecule has 446 valence electrons. The van der Waals surface area contributed by atoms with E-state index in [0.29, 0.717) is 116 Å². The summed E-state index contributed by atoms with van der Waals surface area (Å²) in [6.07, 6.45) is 5.59.